The number of anilines is 1. The van der Waals surface area contributed by atoms with Gasteiger partial charge in [0.25, 0.3) is 5.69 Å². The van der Waals surface area contributed by atoms with Gasteiger partial charge in [0.15, 0.2) is 0 Å². The Labute approximate surface area is 199 Å². The maximum absolute atomic E-state index is 12.9. The second-order valence-electron chi connectivity index (χ2n) is 8.39. The van der Waals surface area contributed by atoms with Crippen LogP contribution in [0.3, 0.4) is 0 Å². The number of nitrogens with zero attached hydrogens (tertiary/aromatic N) is 3. The van der Waals surface area contributed by atoms with Crippen LogP contribution >= 0.6 is 0 Å². The summed E-state index contributed by atoms with van der Waals surface area (Å²) in [7, 11) is -3.90. The number of nitrogens with one attached hydrogen (secondary N) is 1. The zero-order valence-corrected chi connectivity index (χ0v) is 20.4. The molecule has 2 aromatic rings. The predicted octanol–water partition coefficient (Wildman–Crippen LogP) is 2.21. The quantitative estimate of drug-likeness (QED) is 0.422. The Morgan fingerprint density at radius 3 is 2.53 bits per heavy atom. The van der Waals surface area contributed by atoms with Gasteiger partial charge in [-0.3, -0.25) is 24.1 Å². The summed E-state index contributed by atoms with van der Waals surface area (Å²) < 4.78 is 31.5. The number of nitro groups is 1. The van der Waals surface area contributed by atoms with Gasteiger partial charge in [-0.25, -0.2) is 8.42 Å². The van der Waals surface area contributed by atoms with Crippen LogP contribution in [0.2, 0.25) is 0 Å². The molecule has 0 saturated carbocycles. The highest BCUT2D eigenvalue weighted by Gasteiger charge is 2.31. The fraction of sp³-hybridized carbons (Fsp3) is 0.435. The standard InChI is InChI=1S/C23H30N4O6S/c1-17-7-8-21(27(29)30)14-22(17)26(34(3,31)32)18(2)23(28)24-15-19-5-4-6-20(13-19)16-25-9-11-33-12-10-25/h4-8,13-14,18H,9-12,15-16H2,1-3H3,(H,24,28)/t18-/m0/s1. The summed E-state index contributed by atoms with van der Waals surface area (Å²) in [4.78, 5) is 25.8. The minimum Gasteiger partial charge on any atom is -0.379 e. The zero-order valence-electron chi connectivity index (χ0n) is 19.6. The van der Waals surface area contributed by atoms with Gasteiger partial charge in [0.05, 0.1) is 30.1 Å². The molecule has 0 spiro atoms. The van der Waals surface area contributed by atoms with Crippen molar-refractivity contribution >= 4 is 27.3 Å². The number of morpholine rings is 1. The maximum Gasteiger partial charge on any atom is 0.271 e. The van der Waals surface area contributed by atoms with Gasteiger partial charge in [-0.15, -0.1) is 0 Å². The fourth-order valence-electron chi connectivity index (χ4n) is 3.92. The average Bonchev–Trinajstić information content (AvgIpc) is 2.78. The summed E-state index contributed by atoms with van der Waals surface area (Å²) in [6.45, 7) is 7.29. The van der Waals surface area contributed by atoms with Crippen molar-refractivity contribution in [2.45, 2.75) is 33.0 Å². The van der Waals surface area contributed by atoms with E-state index in [9.17, 15) is 23.3 Å². The summed E-state index contributed by atoms with van der Waals surface area (Å²) in [6.07, 6.45) is 0.976. The molecular weight excluding hydrogens is 460 g/mol. The van der Waals surface area contributed by atoms with Crippen LogP contribution in [-0.2, 0) is 32.6 Å². The molecule has 1 amide bonds. The lowest BCUT2D eigenvalue weighted by molar-refractivity contribution is -0.384. The van der Waals surface area contributed by atoms with Crippen LogP contribution in [-0.4, -0.2) is 62.7 Å². The van der Waals surface area contributed by atoms with Crippen LogP contribution < -0.4 is 9.62 Å². The summed E-state index contributed by atoms with van der Waals surface area (Å²) in [6, 6.07) is 10.7. The molecule has 1 saturated heterocycles. The molecule has 1 aliphatic heterocycles. The van der Waals surface area contributed by atoms with Crippen molar-refractivity contribution in [1.29, 1.82) is 0 Å². The lowest BCUT2D eigenvalue weighted by atomic mass is 10.1. The largest absolute Gasteiger partial charge is 0.379 e. The number of carbonyl (C=O) groups excluding carboxylic acids is 1. The fourth-order valence-corrected chi connectivity index (χ4v) is 5.15. The van der Waals surface area contributed by atoms with E-state index in [-0.39, 0.29) is 17.9 Å². The number of rotatable bonds is 9. The van der Waals surface area contributed by atoms with Crippen molar-refractivity contribution in [3.63, 3.8) is 0 Å². The number of hydrogen-bond donors (Lipinski definition) is 1. The molecule has 2 aromatic carbocycles. The van der Waals surface area contributed by atoms with E-state index >= 15 is 0 Å². The van der Waals surface area contributed by atoms with Crippen molar-refractivity contribution in [2.24, 2.45) is 0 Å². The van der Waals surface area contributed by atoms with Gasteiger partial charge in [0.1, 0.15) is 6.04 Å². The summed E-state index contributed by atoms with van der Waals surface area (Å²) in [5.74, 6) is -0.505. The number of amides is 1. The summed E-state index contributed by atoms with van der Waals surface area (Å²) >= 11 is 0. The first-order chi connectivity index (χ1) is 16.1. The van der Waals surface area contributed by atoms with Gasteiger partial charge in [0.2, 0.25) is 15.9 Å². The minimum absolute atomic E-state index is 0.104. The molecule has 184 valence electrons. The van der Waals surface area contributed by atoms with E-state index in [0.717, 1.165) is 41.3 Å². The van der Waals surface area contributed by atoms with Crippen LogP contribution in [0.5, 0.6) is 0 Å². The number of aryl methyl sites for hydroxylation is 1. The molecule has 10 nitrogen and oxygen atoms in total. The van der Waals surface area contributed by atoms with E-state index in [1.165, 1.54) is 25.1 Å². The number of sulfonamides is 1. The molecule has 1 N–H and O–H groups in total. The minimum atomic E-state index is -3.90. The first kappa shape index (κ1) is 25.6. The van der Waals surface area contributed by atoms with Crippen molar-refractivity contribution < 1.29 is 22.9 Å². The van der Waals surface area contributed by atoms with E-state index in [1.54, 1.807) is 6.92 Å². The first-order valence-electron chi connectivity index (χ1n) is 11.0. The Morgan fingerprint density at radius 1 is 1.21 bits per heavy atom. The lowest BCUT2D eigenvalue weighted by Gasteiger charge is -2.29. The Hall–Kier alpha value is -3.02. The molecule has 1 atom stereocenters. The molecule has 11 heteroatoms. The number of nitro benzene ring substituents is 1. The van der Waals surface area contributed by atoms with Crippen molar-refractivity contribution in [1.82, 2.24) is 10.2 Å². The van der Waals surface area contributed by atoms with Crippen LogP contribution in [0.15, 0.2) is 42.5 Å². The van der Waals surface area contributed by atoms with Crippen LogP contribution in [0.1, 0.15) is 23.6 Å². The van der Waals surface area contributed by atoms with Crippen LogP contribution in [0.25, 0.3) is 0 Å². The highest BCUT2D eigenvalue weighted by molar-refractivity contribution is 7.92. The third kappa shape index (κ3) is 6.52. The number of carbonyl (C=O) groups is 1. The molecule has 34 heavy (non-hydrogen) atoms. The number of benzene rings is 2. The zero-order chi connectivity index (χ0) is 24.9. The van der Waals surface area contributed by atoms with E-state index in [4.69, 9.17) is 4.74 Å². The Bertz CT molecular complexity index is 1150. The molecule has 0 bridgehead atoms. The molecule has 0 unspecified atom stereocenters. The Balaban J connectivity index is 1.73. The van der Waals surface area contributed by atoms with Crippen LogP contribution in [0.4, 0.5) is 11.4 Å². The van der Waals surface area contributed by atoms with E-state index in [1.807, 2.05) is 24.3 Å². The molecular formula is C23H30N4O6S. The normalized spacial score (nSPS) is 15.5. The number of non-ortho nitro benzene ring substituents is 1. The maximum atomic E-state index is 12.9. The molecule has 0 aliphatic carbocycles. The van der Waals surface area contributed by atoms with Gasteiger partial charge in [-0.05, 0) is 30.5 Å². The number of ether oxygens (including phenoxy) is 1. The van der Waals surface area contributed by atoms with Gasteiger partial charge in [0, 0.05) is 38.3 Å². The third-order valence-electron chi connectivity index (χ3n) is 5.70. The summed E-state index contributed by atoms with van der Waals surface area (Å²) in [5.41, 5.74) is 2.37. The molecule has 1 heterocycles. The molecule has 1 aliphatic rings. The van der Waals surface area contributed by atoms with E-state index < -0.39 is 26.9 Å². The average molecular weight is 491 g/mol. The van der Waals surface area contributed by atoms with Gasteiger partial charge in [-0.2, -0.15) is 0 Å². The molecule has 1 fully saturated rings. The van der Waals surface area contributed by atoms with Gasteiger partial charge < -0.3 is 10.1 Å². The SMILES string of the molecule is Cc1ccc([N+](=O)[O-])cc1N([C@@H](C)C(=O)NCc1cccc(CN2CCOCC2)c1)S(C)(=O)=O. The predicted molar refractivity (Wildman–Crippen MR) is 129 cm³/mol. The second-order valence-corrected chi connectivity index (χ2v) is 10.2. The smallest absolute Gasteiger partial charge is 0.271 e. The van der Waals surface area contributed by atoms with E-state index in [2.05, 4.69) is 10.2 Å². The molecule has 0 aromatic heterocycles. The monoisotopic (exact) mass is 490 g/mol. The Morgan fingerprint density at radius 2 is 1.88 bits per heavy atom. The topological polar surface area (TPSA) is 122 Å². The van der Waals surface area contributed by atoms with Crippen LogP contribution in [0, 0.1) is 17.0 Å². The molecule has 3 rings (SSSR count). The van der Waals surface area contributed by atoms with Crippen molar-refractivity contribution in [2.75, 3.05) is 36.9 Å². The number of hydrogen-bond acceptors (Lipinski definition) is 7. The second kappa shape index (κ2) is 10.9. The highest BCUT2D eigenvalue weighted by atomic mass is 32.2. The van der Waals surface area contributed by atoms with Gasteiger partial charge in [-0.1, -0.05) is 30.3 Å². The van der Waals surface area contributed by atoms with Crippen molar-refractivity contribution in [3.05, 3.63) is 69.3 Å². The first-order valence-corrected chi connectivity index (χ1v) is 12.8. The van der Waals surface area contributed by atoms with E-state index in [0.29, 0.717) is 18.8 Å². The Kier molecular flexibility index (Phi) is 8.24. The summed E-state index contributed by atoms with van der Waals surface area (Å²) in [5, 5.41) is 14.0. The van der Waals surface area contributed by atoms with Crippen molar-refractivity contribution in [3.8, 4) is 0 Å². The highest BCUT2D eigenvalue weighted by Crippen LogP contribution is 2.29. The molecule has 0 radical (unpaired) electrons. The third-order valence-corrected chi connectivity index (χ3v) is 6.93. The van der Waals surface area contributed by atoms with Gasteiger partial charge >= 0.3 is 0 Å². The lowest BCUT2D eigenvalue weighted by Crippen LogP contribution is -2.48.